The summed E-state index contributed by atoms with van der Waals surface area (Å²) in [5, 5.41) is 9.55. The van der Waals surface area contributed by atoms with E-state index in [9.17, 15) is 26.7 Å². The predicted molar refractivity (Wildman–Crippen MR) is 78.6 cm³/mol. The number of benzene rings is 1. The molecule has 9 heteroatoms. The van der Waals surface area contributed by atoms with Crippen molar-refractivity contribution in [1.82, 2.24) is 4.31 Å². The Hall–Kier alpha value is -1.74. The van der Waals surface area contributed by atoms with Crippen LogP contribution in [0.15, 0.2) is 41.0 Å². The fourth-order valence-corrected chi connectivity index (χ4v) is 3.27. The highest BCUT2D eigenvalue weighted by molar-refractivity contribution is 7.89. The van der Waals surface area contributed by atoms with Crippen LogP contribution in [0.2, 0.25) is 0 Å². The molecule has 0 bridgehead atoms. The van der Waals surface area contributed by atoms with E-state index in [2.05, 4.69) is 4.74 Å². The third-order valence-corrected chi connectivity index (χ3v) is 4.70. The van der Waals surface area contributed by atoms with E-state index < -0.39 is 22.1 Å². The van der Waals surface area contributed by atoms with Crippen LogP contribution in [-0.2, 0) is 10.0 Å². The lowest BCUT2D eigenvalue weighted by Gasteiger charge is -2.21. The number of halogens is 3. The summed E-state index contributed by atoms with van der Waals surface area (Å²) in [6.45, 7) is 3.30. The van der Waals surface area contributed by atoms with Gasteiger partial charge in [-0.2, -0.15) is 4.31 Å². The number of sulfonamides is 1. The molecule has 0 radical (unpaired) electrons. The molecule has 0 amide bonds. The molecule has 0 aliphatic heterocycles. The number of nitrogens with zero attached hydrogens (tertiary/aromatic N) is 1. The van der Waals surface area contributed by atoms with Crippen LogP contribution in [0.3, 0.4) is 0 Å². The Kier molecular flexibility index (Phi) is 6.46. The number of hydrogen-bond acceptors (Lipinski definition) is 4. The van der Waals surface area contributed by atoms with E-state index in [-0.39, 0.29) is 23.7 Å². The highest BCUT2D eigenvalue weighted by atomic mass is 32.2. The largest absolute Gasteiger partial charge is 0.573 e. The van der Waals surface area contributed by atoms with E-state index in [0.29, 0.717) is 6.42 Å². The van der Waals surface area contributed by atoms with Crippen LogP contribution in [0.4, 0.5) is 13.2 Å². The fraction of sp³-hybridized carbons (Fsp3) is 0.429. The van der Waals surface area contributed by atoms with Crippen molar-refractivity contribution in [2.75, 3.05) is 13.1 Å². The van der Waals surface area contributed by atoms with Crippen LogP contribution in [0.5, 0.6) is 5.75 Å². The molecule has 1 N–H and O–H groups in total. The molecule has 0 aliphatic carbocycles. The summed E-state index contributed by atoms with van der Waals surface area (Å²) in [7, 11) is -3.93. The lowest BCUT2D eigenvalue weighted by Crippen LogP contribution is -2.33. The van der Waals surface area contributed by atoms with Gasteiger partial charge in [-0.25, -0.2) is 8.42 Å². The normalized spacial score (nSPS) is 13.4. The van der Waals surface area contributed by atoms with Crippen molar-refractivity contribution in [3.05, 3.63) is 36.1 Å². The molecular weight excluding hydrogens is 335 g/mol. The first kappa shape index (κ1) is 19.3. The average Bonchev–Trinajstić information content (AvgIpc) is 2.45. The second-order valence-electron chi connectivity index (χ2n) is 4.64. The van der Waals surface area contributed by atoms with Gasteiger partial charge < -0.3 is 9.84 Å². The van der Waals surface area contributed by atoms with Gasteiger partial charge in [-0.3, -0.25) is 0 Å². The van der Waals surface area contributed by atoms with Crippen molar-refractivity contribution in [2.45, 2.75) is 31.5 Å². The van der Waals surface area contributed by atoms with Crippen LogP contribution >= 0.6 is 0 Å². The highest BCUT2D eigenvalue weighted by Gasteiger charge is 2.31. The van der Waals surface area contributed by atoms with Gasteiger partial charge in [-0.1, -0.05) is 6.92 Å². The van der Waals surface area contributed by atoms with Crippen molar-refractivity contribution in [3.8, 4) is 5.75 Å². The summed E-state index contributed by atoms with van der Waals surface area (Å²) in [6, 6.07) is 3.93. The standard InChI is InChI=1S/C14H18F3NO4S/c1-3-9-18(10-11(19)4-2)23(20,21)13-7-5-12(6-8-13)22-14(15,16)17/h4-8,19H,3,9-10H2,1-2H3/b11-4-. The zero-order chi connectivity index (χ0) is 17.7. The van der Waals surface area contributed by atoms with Crippen molar-refractivity contribution in [3.63, 3.8) is 0 Å². The molecular formula is C14H18F3NO4S. The SMILES string of the molecule is C/C=C(\O)CN(CCC)S(=O)(=O)c1ccc(OC(F)(F)F)cc1. The summed E-state index contributed by atoms with van der Waals surface area (Å²) in [5.74, 6) is -0.617. The molecule has 0 heterocycles. The minimum atomic E-state index is -4.84. The number of hydrogen-bond donors (Lipinski definition) is 1. The molecule has 1 aromatic carbocycles. The fourth-order valence-electron chi connectivity index (χ4n) is 1.77. The Morgan fingerprint density at radius 1 is 1.30 bits per heavy atom. The predicted octanol–water partition coefficient (Wildman–Crippen LogP) is 3.45. The summed E-state index contributed by atoms with van der Waals surface area (Å²) in [6.07, 6.45) is -2.95. The molecule has 0 aromatic heterocycles. The van der Waals surface area contributed by atoms with Crippen molar-refractivity contribution >= 4 is 10.0 Å². The quantitative estimate of drug-likeness (QED) is 0.763. The number of allylic oxidation sites excluding steroid dienone is 1. The van der Waals surface area contributed by atoms with Gasteiger partial charge >= 0.3 is 6.36 Å². The Morgan fingerprint density at radius 3 is 2.30 bits per heavy atom. The van der Waals surface area contributed by atoms with E-state index >= 15 is 0 Å². The van der Waals surface area contributed by atoms with Crippen LogP contribution in [0, 0.1) is 0 Å². The Balaban J connectivity index is 3.05. The van der Waals surface area contributed by atoms with Crippen molar-refractivity contribution in [2.24, 2.45) is 0 Å². The molecule has 0 spiro atoms. The summed E-state index contributed by atoms with van der Waals surface area (Å²) >= 11 is 0. The van der Waals surface area contributed by atoms with Gasteiger partial charge in [-0.15, -0.1) is 13.2 Å². The van der Waals surface area contributed by atoms with E-state index in [4.69, 9.17) is 0 Å². The minimum absolute atomic E-state index is 0.112. The Morgan fingerprint density at radius 2 is 1.87 bits per heavy atom. The average molecular weight is 353 g/mol. The maximum Gasteiger partial charge on any atom is 0.573 e. The summed E-state index contributed by atoms with van der Waals surface area (Å²) in [4.78, 5) is -0.177. The Bertz CT molecular complexity index is 639. The van der Waals surface area contributed by atoms with Gasteiger partial charge in [0.05, 0.1) is 11.4 Å². The third-order valence-electron chi connectivity index (χ3n) is 2.84. The van der Waals surface area contributed by atoms with Crippen molar-refractivity contribution < 1.29 is 31.4 Å². The maximum absolute atomic E-state index is 12.5. The molecule has 0 aliphatic rings. The molecule has 0 saturated carbocycles. The molecule has 1 aromatic rings. The number of aliphatic hydroxyl groups is 1. The minimum Gasteiger partial charge on any atom is -0.511 e. The van der Waals surface area contributed by atoms with Gasteiger partial charge in [-0.05, 0) is 43.7 Å². The Labute approximate surface area is 133 Å². The lowest BCUT2D eigenvalue weighted by molar-refractivity contribution is -0.274. The van der Waals surface area contributed by atoms with Crippen LogP contribution in [0.25, 0.3) is 0 Å². The van der Waals surface area contributed by atoms with E-state index in [0.717, 1.165) is 28.6 Å². The van der Waals surface area contributed by atoms with Gasteiger partial charge in [0.1, 0.15) is 11.5 Å². The van der Waals surface area contributed by atoms with Crippen molar-refractivity contribution in [1.29, 1.82) is 0 Å². The van der Waals surface area contributed by atoms with Crippen LogP contribution in [-0.4, -0.2) is 37.3 Å². The molecule has 5 nitrogen and oxygen atoms in total. The number of alkyl halides is 3. The first-order valence-electron chi connectivity index (χ1n) is 6.80. The van der Waals surface area contributed by atoms with Gasteiger partial charge in [0.15, 0.2) is 0 Å². The van der Waals surface area contributed by atoms with Gasteiger partial charge in [0.25, 0.3) is 0 Å². The molecule has 0 saturated heterocycles. The van der Waals surface area contributed by atoms with Crippen LogP contribution < -0.4 is 4.74 Å². The summed E-state index contributed by atoms with van der Waals surface area (Å²) < 4.78 is 66.1. The van der Waals surface area contributed by atoms with E-state index in [1.165, 1.54) is 6.08 Å². The van der Waals surface area contributed by atoms with E-state index in [1.54, 1.807) is 13.8 Å². The first-order valence-corrected chi connectivity index (χ1v) is 8.24. The van der Waals surface area contributed by atoms with Gasteiger partial charge in [0, 0.05) is 6.54 Å². The monoisotopic (exact) mass is 353 g/mol. The maximum atomic E-state index is 12.5. The molecule has 0 unspecified atom stereocenters. The smallest absolute Gasteiger partial charge is 0.511 e. The second-order valence-corrected chi connectivity index (χ2v) is 6.58. The lowest BCUT2D eigenvalue weighted by atomic mass is 10.3. The number of aliphatic hydroxyl groups excluding tert-OH is 1. The molecule has 0 atom stereocenters. The number of ether oxygens (including phenoxy) is 1. The second kappa shape index (κ2) is 7.69. The summed E-state index contributed by atoms with van der Waals surface area (Å²) in [5.41, 5.74) is 0. The molecule has 130 valence electrons. The molecule has 23 heavy (non-hydrogen) atoms. The molecule has 0 fully saturated rings. The first-order chi connectivity index (χ1) is 10.6. The topological polar surface area (TPSA) is 66.8 Å². The van der Waals surface area contributed by atoms with Crippen LogP contribution in [0.1, 0.15) is 20.3 Å². The third kappa shape index (κ3) is 5.76. The zero-order valence-corrected chi connectivity index (χ0v) is 13.5. The van der Waals surface area contributed by atoms with Gasteiger partial charge in [0.2, 0.25) is 10.0 Å². The zero-order valence-electron chi connectivity index (χ0n) is 12.7. The van der Waals surface area contributed by atoms with E-state index in [1.807, 2.05) is 0 Å². The highest BCUT2D eigenvalue weighted by Crippen LogP contribution is 2.25. The number of rotatable bonds is 7. The molecule has 1 rings (SSSR count).